The van der Waals surface area contributed by atoms with Crippen LogP contribution in [-0.2, 0) is 10.0 Å². The topological polar surface area (TPSA) is 76.1 Å². The third-order valence-corrected chi connectivity index (χ3v) is 8.03. The Morgan fingerprint density at radius 3 is 2.29 bits per heavy atom. The molecule has 2 aromatic rings. The minimum Gasteiger partial charge on any atom is -0.497 e. The summed E-state index contributed by atoms with van der Waals surface area (Å²) in [7, 11) is -0.643. The predicted octanol–water partition coefficient (Wildman–Crippen LogP) is 3.47. The smallest absolute Gasteiger partial charge is 0.254 e. The summed E-state index contributed by atoms with van der Waals surface area (Å²) >= 11 is 0. The lowest BCUT2D eigenvalue weighted by atomic mass is 10.0. The van der Waals surface area contributed by atoms with E-state index in [1.54, 1.807) is 19.2 Å². The zero-order chi connectivity index (χ0) is 22.0. The van der Waals surface area contributed by atoms with E-state index in [0.717, 1.165) is 37.0 Å². The summed E-state index contributed by atoms with van der Waals surface area (Å²) in [6.45, 7) is 1.63. The highest BCUT2D eigenvalue weighted by molar-refractivity contribution is 7.89. The summed E-state index contributed by atoms with van der Waals surface area (Å²) in [6, 6.07) is 12.4. The van der Waals surface area contributed by atoms with Crippen molar-refractivity contribution in [3.05, 3.63) is 53.6 Å². The SMILES string of the molecule is COc1ccc([C@@H]2CCCN2C(=O)c2ccc(OC)c(S(=O)(=O)N3CCCC3)c2)cc1. The van der Waals surface area contributed by atoms with Crippen LogP contribution in [-0.4, -0.2) is 57.4 Å². The summed E-state index contributed by atoms with van der Waals surface area (Å²) in [5.74, 6) is 0.863. The minimum atomic E-state index is -3.71. The molecule has 2 aliphatic rings. The van der Waals surface area contributed by atoms with Crippen LogP contribution in [0.2, 0.25) is 0 Å². The third kappa shape index (κ3) is 4.14. The van der Waals surface area contributed by atoms with Gasteiger partial charge in [0, 0.05) is 25.2 Å². The van der Waals surface area contributed by atoms with Crippen molar-refractivity contribution in [1.29, 1.82) is 0 Å². The highest BCUT2D eigenvalue weighted by Crippen LogP contribution is 2.35. The van der Waals surface area contributed by atoms with Gasteiger partial charge in [-0.2, -0.15) is 4.31 Å². The van der Waals surface area contributed by atoms with Gasteiger partial charge in [0.05, 0.1) is 20.3 Å². The molecule has 0 saturated carbocycles. The Labute approximate surface area is 183 Å². The van der Waals surface area contributed by atoms with Crippen LogP contribution in [0, 0.1) is 0 Å². The van der Waals surface area contributed by atoms with Gasteiger partial charge in [-0.3, -0.25) is 4.79 Å². The summed E-state index contributed by atoms with van der Waals surface area (Å²) in [6.07, 6.45) is 3.46. The van der Waals surface area contributed by atoms with E-state index in [1.807, 2.05) is 29.2 Å². The molecule has 31 heavy (non-hydrogen) atoms. The second-order valence-corrected chi connectivity index (χ2v) is 9.81. The zero-order valence-electron chi connectivity index (χ0n) is 17.9. The van der Waals surface area contributed by atoms with E-state index in [4.69, 9.17) is 9.47 Å². The monoisotopic (exact) mass is 444 g/mol. The first kappa shape index (κ1) is 21.6. The number of sulfonamides is 1. The van der Waals surface area contributed by atoms with Gasteiger partial charge in [0.15, 0.2) is 0 Å². The quantitative estimate of drug-likeness (QED) is 0.682. The Kier molecular flexibility index (Phi) is 6.20. The fraction of sp³-hybridized carbons (Fsp3) is 0.435. The zero-order valence-corrected chi connectivity index (χ0v) is 18.7. The van der Waals surface area contributed by atoms with Crippen LogP contribution in [0.1, 0.15) is 47.6 Å². The molecule has 166 valence electrons. The van der Waals surface area contributed by atoms with Gasteiger partial charge < -0.3 is 14.4 Å². The van der Waals surface area contributed by atoms with Crippen LogP contribution in [0.3, 0.4) is 0 Å². The molecular weight excluding hydrogens is 416 g/mol. The molecule has 2 saturated heterocycles. The maximum absolute atomic E-state index is 13.4. The molecule has 0 unspecified atom stereocenters. The molecule has 7 nitrogen and oxygen atoms in total. The second-order valence-electron chi connectivity index (χ2n) is 7.91. The first-order valence-electron chi connectivity index (χ1n) is 10.6. The number of benzene rings is 2. The van der Waals surface area contributed by atoms with Crippen LogP contribution in [0.25, 0.3) is 0 Å². The maximum atomic E-state index is 13.4. The number of methoxy groups -OCH3 is 2. The van der Waals surface area contributed by atoms with Crippen molar-refractivity contribution in [3.63, 3.8) is 0 Å². The fourth-order valence-electron chi connectivity index (χ4n) is 4.43. The minimum absolute atomic E-state index is 0.0425. The van der Waals surface area contributed by atoms with Gasteiger partial charge in [0.25, 0.3) is 5.91 Å². The van der Waals surface area contributed by atoms with Gasteiger partial charge in [-0.05, 0) is 61.6 Å². The molecule has 2 aromatic carbocycles. The van der Waals surface area contributed by atoms with Gasteiger partial charge in [0.1, 0.15) is 16.4 Å². The van der Waals surface area contributed by atoms with E-state index in [1.165, 1.54) is 17.5 Å². The van der Waals surface area contributed by atoms with E-state index < -0.39 is 10.0 Å². The summed E-state index contributed by atoms with van der Waals surface area (Å²) in [5, 5.41) is 0. The molecule has 0 N–H and O–H groups in total. The second kappa shape index (κ2) is 8.88. The van der Waals surface area contributed by atoms with Crippen molar-refractivity contribution in [2.45, 2.75) is 36.6 Å². The molecule has 2 aliphatic heterocycles. The number of carbonyl (C=O) groups is 1. The lowest BCUT2D eigenvalue weighted by Gasteiger charge is -2.26. The molecule has 2 heterocycles. The van der Waals surface area contributed by atoms with Crippen LogP contribution in [0.5, 0.6) is 11.5 Å². The molecule has 1 amide bonds. The summed E-state index contributed by atoms with van der Waals surface area (Å²) in [4.78, 5) is 15.3. The van der Waals surface area contributed by atoms with Crippen LogP contribution in [0.4, 0.5) is 0 Å². The lowest BCUT2D eigenvalue weighted by Crippen LogP contribution is -2.31. The first-order chi connectivity index (χ1) is 15.0. The molecular formula is C23H28N2O5S. The Balaban J connectivity index is 1.64. The van der Waals surface area contributed by atoms with Crippen molar-refractivity contribution in [1.82, 2.24) is 9.21 Å². The van der Waals surface area contributed by atoms with E-state index in [0.29, 0.717) is 25.2 Å². The third-order valence-electron chi connectivity index (χ3n) is 6.11. The number of hydrogen-bond donors (Lipinski definition) is 0. The van der Waals surface area contributed by atoms with Gasteiger partial charge >= 0.3 is 0 Å². The number of ether oxygens (including phenoxy) is 2. The molecule has 2 fully saturated rings. The van der Waals surface area contributed by atoms with E-state index >= 15 is 0 Å². The van der Waals surface area contributed by atoms with Crippen molar-refractivity contribution in [2.75, 3.05) is 33.9 Å². The Bertz CT molecular complexity index is 1050. The number of nitrogens with zero attached hydrogens (tertiary/aromatic N) is 2. The van der Waals surface area contributed by atoms with E-state index in [2.05, 4.69) is 0 Å². The molecule has 0 spiro atoms. The highest BCUT2D eigenvalue weighted by Gasteiger charge is 2.34. The van der Waals surface area contributed by atoms with Gasteiger partial charge in [-0.1, -0.05) is 12.1 Å². The number of rotatable bonds is 6. The van der Waals surface area contributed by atoms with Crippen molar-refractivity contribution < 1.29 is 22.7 Å². The van der Waals surface area contributed by atoms with Gasteiger partial charge in [0.2, 0.25) is 10.0 Å². The highest BCUT2D eigenvalue weighted by atomic mass is 32.2. The van der Waals surface area contributed by atoms with Crippen LogP contribution >= 0.6 is 0 Å². The standard InChI is InChI=1S/C23H28N2O5S/c1-29-19-10-7-17(8-11-19)20-6-5-15-25(20)23(26)18-9-12-21(30-2)22(16-18)31(27,28)24-13-3-4-14-24/h7-12,16,20H,3-6,13-15H2,1-2H3/t20-/m0/s1. The van der Waals surface area contributed by atoms with Gasteiger partial charge in [-0.15, -0.1) is 0 Å². The van der Waals surface area contributed by atoms with Crippen molar-refractivity contribution >= 4 is 15.9 Å². The summed E-state index contributed by atoms with van der Waals surface area (Å²) in [5.41, 5.74) is 1.41. The fourth-order valence-corrected chi connectivity index (χ4v) is 6.13. The van der Waals surface area contributed by atoms with Crippen LogP contribution in [0.15, 0.2) is 47.4 Å². The number of amides is 1. The number of carbonyl (C=O) groups excluding carboxylic acids is 1. The maximum Gasteiger partial charge on any atom is 0.254 e. The van der Waals surface area contributed by atoms with Crippen molar-refractivity contribution in [2.24, 2.45) is 0 Å². The number of hydrogen-bond acceptors (Lipinski definition) is 5. The largest absolute Gasteiger partial charge is 0.497 e. The van der Waals surface area contributed by atoms with E-state index in [9.17, 15) is 13.2 Å². The molecule has 0 aromatic heterocycles. The Morgan fingerprint density at radius 2 is 1.65 bits per heavy atom. The first-order valence-corrected chi connectivity index (χ1v) is 12.0. The molecule has 8 heteroatoms. The van der Waals surface area contributed by atoms with Crippen molar-refractivity contribution in [3.8, 4) is 11.5 Å². The molecule has 0 aliphatic carbocycles. The Morgan fingerprint density at radius 1 is 0.935 bits per heavy atom. The van der Waals surface area contributed by atoms with Gasteiger partial charge in [-0.25, -0.2) is 8.42 Å². The normalized spacial score (nSPS) is 19.5. The van der Waals surface area contributed by atoms with Crippen LogP contribution < -0.4 is 9.47 Å². The Hall–Kier alpha value is -2.58. The predicted molar refractivity (Wildman–Crippen MR) is 117 cm³/mol. The number of likely N-dealkylation sites (tertiary alicyclic amines) is 1. The molecule has 1 atom stereocenters. The molecule has 0 bridgehead atoms. The van der Waals surface area contributed by atoms with E-state index in [-0.39, 0.29) is 22.6 Å². The average molecular weight is 445 g/mol. The summed E-state index contributed by atoms with van der Waals surface area (Å²) < 4.78 is 38.4. The lowest BCUT2D eigenvalue weighted by molar-refractivity contribution is 0.0735. The molecule has 4 rings (SSSR count). The average Bonchev–Trinajstić information content (AvgIpc) is 3.51. The molecule has 0 radical (unpaired) electrons.